The summed E-state index contributed by atoms with van der Waals surface area (Å²) in [7, 11) is 0. The summed E-state index contributed by atoms with van der Waals surface area (Å²) in [6, 6.07) is 2.53. The molecule has 0 saturated heterocycles. The molecule has 2 amide bonds. The second-order valence-corrected chi connectivity index (χ2v) is 9.48. The minimum atomic E-state index is -1.12. The fourth-order valence-corrected chi connectivity index (χ4v) is 5.58. The van der Waals surface area contributed by atoms with Gasteiger partial charge in [0.1, 0.15) is 17.2 Å². The normalized spacial score (nSPS) is 19.1. The second kappa shape index (κ2) is 9.17. The van der Waals surface area contributed by atoms with Crippen LogP contribution in [-0.2, 0) is 17.6 Å². The van der Waals surface area contributed by atoms with Gasteiger partial charge in [-0.05, 0) is 56.2 Å². The summed E-state index contributed by atoms with van der Waals surface area (Å²) in [5.41, 5.74) is 3.15. The fourth-order valence-electron chi connectivity index (χ4n) is 5.58. The Bertz CT molecular complexity index is 1130. The Labute approximate surface area is 192 Å². The highest BCUT2D eigenvalue weighted by atomic mass is 16.4. The fraction of sp³-hybridized carbons (Fsp3) is 0.560. The number of hydrogen-bond donors (Lipinski definition) is 3. The van der Waals surface area contributed by atoms with E-state index < -0.39 is 30.1 Å². The molecule has 1 aliphatic carbocycles. The van der Waals surface area contributed by atoms with Crippen LogP contribution < -0.4 is 21.2 Å². The first kappa shape index (κ1) is 21.9. The molecular weight excluding hydrogens is 422 g/mol. The van der Waals surface area contributed by atoms with Crippen molar-refractivity contribution in [2.24, 2.45) is 0 Å². The van der Waals surface area contributed by atoms with Crippen molar-refractivity contribution < 1.29 is 19.1 Å². The molecule has 1 atom stereocenters. The Morgan fingerprint density at radius 3 is 2.61 bits per heavy atom. The number of anilines is 1. The van der Waals surface area contributed by atoms with Crippen LogP contribution in [0.4, 0.5) is 5.69 Å². The third-order valence-corrected chi connectivity index (χ3v) is 7.22. The van der Waals surface area contributed by atoms with Crippen molar-refractivity contribution in [1.29, 1.82) is 0 Å². The largest absolute Gasteiger partial charge is 0.422 e. The summed E-state index contributed by atoms with van der Waals surface area (Å²) in [6.45, 7) is 1.49. The van der Waals surface area contributed by atoms with E-state index in [0.29, 0.717) is 5.58 Å². The first-order valence-electron chi connectivity index (χ1n) is 12.1. The Balaban J connectivity index is 1.40. The maximum atomic E-state index is 12.9. The van der Waals surface area contributed by atoms with E-state index in [1.54, 1.807) is 6.07 Å². The van der Waals surface area contributed by atoms with Crippen molar-refractivity contribution in [2.75, 3.05) is 24.6 Å². The molecule has 0 spiro atoms. The number of benzene rings is 1. The zero-order valence-electron chi connectivity index (χ0n) is 18.8. The van der Waals surface area contributed by atoms with Crippen LogP contribution >= 0.6 is 0 Å². The molecule has 176 valence electrons. The van der Waals surface area contributed by atoms with E-state index in [1.165, 1.54) is 11.3 Å². The van der Waals surface area contributed by atoms with Crippen LogP contribution in [0.25, 0.3) is 11.0 Å². The Hall–Kier alpha value is -2.87. The molecule has 5 rings (SSSR count). The molecule has 2 aliphatic heterocycles. The molecule has 1 fully saturated rings. The molecule has 1 aromatic carbocycles. The van der Waals surface area contributed by atoms with Crippen LogP contribution in [0.1, 0.15) is 66.4 Å². The third-order valence-electron chi connectivity index (χ3n) is 7.22. The lowest BCUT2D eigenvalue weighted by Gasteiger charge is -2.37. The van der Waals surface area contributed by atoms with E-state index in [9.17, 15) is 19.5 Å². The number of carbonyl (C=O) groups excluding carboxylic acids is 2. The topological polar surface area (TPSA) is 112 Å². The molecule has 1 saturated carbocycles. The number of amides is 2. The van der Waals surface area contributed by atoms with Crippen LogP contribution in [0.5, 0.6) is 0 Å². The summed E-state index contributed by atoms with van der Waals surface area (Å²) >= 11 is 0. The summed E-state index contributed by atoms with van der Waals surface area (Å²) in [5.74, 6) is -1.14. The van der Waals surface area contributed by atoms with E-state index in [2.05, 4.69) is 15.5 Å². The highest BCUT2D eigenvalue weighted by Gasteiger charge is 2.29. The molecule has 1 aromatic heterocycles. The smallest absolute Gasteiger partial charge is 0.349 e. The van der Waals surface area contributed by atoms with E-state index in [4.69, 9.17) is 4.42 Å². The van der Waals surface area contributed by atoms with E-state index >= 15 is 0 Å². The monoisotopic (exact) mass is 453 g/mol. The predicted octanol–water partition coefficient (Wildman–Crippen LogP) is 2.03. The lowest BCUT2D eigenvalue weighted by atomic mass is 9.90. The van der Waals surface area contributed by atoms with E-state index in [1.807, 2.05) is 6.07 Å². The second-order valence-electron chi connectivity index (χ2n) is 9.48. The van der Waals surface area contributed by atoms with Gasteiger partial charge in [-0.2, -0.15) is 0 Å². The lowest BCUT2D eigenvalue weighted by Crippen LogP contribution is -2.52. The first-order chi connectivity index (χ1) is 16.0. The van der Waals surface area contributed by atoms with Gasteiger partial charge in [-0.25, -0.2) is 4.79 Å². The molecule has 3 heterocycles. The number of aliphatic hydroxyl groups excluding tert-OH is 1. The van der Waals surface area contributed by atoms with Gasteiger partial charge in [-0.1, -0.05) is 19.3 Å². The molecule has 0 bridgehead atoms. The van der Waals surface area contributed by atoms with Crippen LogP contribution in [0.2, 0.25) is 0 Å². The first-order valence-corrected chi connectivity index (χ1v) is 12.1. The molecule has 0 radical (unpaired) electrons. The average molecular weight is 454 g/mol. The zero-order valence-corrected chi connectivity index (χ0v) is 18.8. The SMILES string of the molecule is O=C(NC(CO)C(=O)NC1CCCCC1)c1cc2cc3c4c(c2oc1=O)CCCN4CCC3. The van der Waals surface area contributed by atoms with Crippen molar-refractivity contribution in [2.45, 2.75) is 69.9 Å². The number of nitrogens with one attached hydrogen (secondary N) is 2. The zero-order chi connectivity index (χ0) is 22.9. The molecule has 3 aliphatic rings. The van der Waals surface area contributed by atoms with E-state index in [-0.39, 0.29) is 11.6 Å². The highest BCUT2D eigenvalue weighted by molar-refractivity contribution is 6.00. The summed E-state index contributed by atoms with van der Waals surface area (Å²) in [4.78, 5) is 40.6. The maximum Gasteiger partial charge on any atom is 0.349 e. The molecule has 1 unspecified atom stereocenters. The summed E-state index contributed by atoms with van der Waals surface area (Å²) in [5, 5.41) is 15.9. The Morgan fingerprint density at radius 1 is 1.09 bits per heavy atom. The molecule has 8 nitrogen and oxygen atoms in total. The van der Waals surface area contributed by atoms with Crippen molar-refractivity contribution in [1.82, 2.24) is 10.6 Å². The number of carbonyl (C=O) groups is 2. The van der Waals surface area contributed by atoms with Gasteiger partial charge in [0.05, 0.1) is 6.61 Å². The number of hydrogen-bond acceptors (Lipinski definition) is 6. The number of fused-ring (bicyclic) bond motifs is 2. The van der Waals surface area contributed by atoms with Crippen molar-refractivity contribution in [3.8, 4) is 0 Å². The van der Waals surface area contributed by atoms with Gasteiger partial charge in [-0.15, -0.1) is 0 Å². The van der Waals surface area contributed by atoms with Gasteiger partial charge >= 0.3 is 5.63 Å². The minimum Gasteiger partial charge on any atom is -0.422 e. The van der Waals surface area contributed by atoms with Crippen LogP contribution in [0.15, 0.2) is 21.3 Å². The highest BCUT2D eigenvalue weighted by Crippen LogP contribution is 2.39. The molecule has 33 heavy (non-hydrogen) atoms. The van der Waals surface area contributed by atoms with Gasteiger partial charge in [-0.3, -0.25) is 9.59 Å². The van der Waals surface area contributed by atoms with Gasteiger partial charge in [0.15, 0.2) is 0 Å². The van der Waals surface area contributed by atoms with Gasteiger partial charge in [0.25, 0.3) is 5.91 Å². The maximum absolute atomic E-state index is 12.9. The Morgan fingerprint density at radius 2 is 1.85 bits per heavy atom. The molecule has 8 heteroatoms. The number of aryl methyl sites for hydroxylation is 2. The number of nitrogens with zero attached hydrogens (tertiary/aromatic N) is 1. The average Bonchev–Trinajstić information content (AvgIpc) is 2.83. The van der Waals surface area contributed by atoms with Crippen LogP contribution in [0, 0.1) is 0 Å². The van der Waals surface area contributed by atoms with Crippen LogP contribution in [0.3, 0.4) is 0 Å². The minimum absolute atomic E-state index is 0.0608. The molecule has 3 N–H and O–H groups in total. The van der Waals surface area contributed by atoms with Crippen molar-refractivity contribution in [3.05, 3.63) is 39.2 Å². The Kier molecular flexibility index (Phi) is 6.10. The summed E-state index contributed by atoms with van der Waals surface area (Å²) in [6.07, 6.45) is 8.97. The van der Waals surface area contributed by atoms with Crippen LogP contribution in [-0.4, -0.2) is 48.7 Å². The van der Waals surface area contributed by atoms with Crippen molar-refractivity contribution in [3.63, 3.8) is 0 Å². The van der Waals surface area contributed by atoms with Gasteiger partial charge in [0.2, 0.25) is 5.91 Å². The third kappa shape index (κ3) is 4.24. The molecule has 2 aromatic rings. The van der Waals surface area contributed by atoms with Crippen molar-refractivity contribution >= 4 is 28.5 Å². The molecular formula is C25H31N3O5. The van der Waals surface area contributed by atoms with E-state index in [0.717, 1.165) is 81.8 Å². The number of aliphatic hydroxyl groups is 1. The van der Waals surface area contributed by atoms with Gasteiger partial charge < -0.3 is 25.1 Å². The number of rotatable bonds is 5. The lowest BCUT2D eigenvalue weighted by molar-refractivity contribution is -0.124. The van der Waals surface area contributed by atoms with Gasteiger partial charge in [0, 0.05) is 35.8 Å². The quantitative estimate of drug-likeness (QED) is 0.598. The summed E-state index contributed by atoms with van der Waals surface area (Å²) < 4.78 is 5.68. The standard InChI is InChI=1S/C25H31N3O5/c29-14-20(24(31)26-17-7-2-1-3-8-17)27-23(30)19-13-16-12-15-6-4-10-28-11-5-9-18(21(15)28)22(16)33-25(19)32/h12-13,17,20,29H,1-11,14H2,(H,26,31)(H,27,30). The predicted molar refractivity (Wildman–Crippen MR) is 125 cm³/mol.